The molecular formula is C14H14BrClFN3. The second kappa shape index (κ2) is 6.52. The fourth-order valence-corrected chi connectivity index (χ4v) is 2.77. The Morgan fingerprint density at radius 1 is 1.40 bits per heavy atom. The number of benzene rings is 1. The lowest BCUT2D eigenvalue weighted by Gasteiger charge is -2.21. The van der Waals surface area contributed by atoms with Gasteiger partial charge in [0.1, 0.15) is 11.6 Å². The van der Waals surface area contributed by atoms with E-state index >= 15 is 0 Å². The normalized spacial score (nSPS) is 12.4. The number of nitrogens with two attached hydrogens (primary N) is 1. The minimum atomic E-state index is -0.298. The monoisotopic (exact) mass is 357 g/mol. The highest BCUT2D eigenvalue weighted by molar-refractivity contribution is 9.10. The zero-order chi connectivity index (χ0) is 14.7. The van der Waals surface area contributed by atoms with Gasteiger partial charge < -0.3 is 11.1 Å². The van der Waals surface area contributed by atoms with Crippen molar-refractivity contribution in [3.63, 3.8) is 0 Å². The van der Waals surface area contributed by atoms with E-state index in [1.807, 2.05) is 6.92 Å². The van der Waals surface area contributed by atoms with Gasteiger partial charge in [0.25, 0.3) is 0 Å². The second-order valence-electron chi connectivity index (χ2n) is 4.28. The van der Waals surface area contributed by atoms with Crippen LogP contribution in [-0.4, -0.2) is 11.5 Å². The maximum absolute atomic E-state index is 13.2. The van der Waals surface area contributed by atoms with Gasteiger partial charge >= 0.3 is 0 Å². The summed E-state index contributed by atoms with van der Waals surface area (Å²) in [5.74, 6) is 0.102. The quantitative estimate of drug-likeness (QED) is 0.871. The summed E-state index contributed by atoms with van der Waals surface area (Å²) in [7, 11) is 0. The summed E-state index contributed by atoms with van der Waals surface area (Å²) in [4.78, 5) is 4.07. The lowest BCUT2D eigenvalue weighted by Crippen LogP contribution is -2.23. The summed E-state index contributed by atoms with van der Waals surface area (Å²) in [6.45, 7) is 2.71. The van der Waals surface area contributed by atoms with Crippen molar-refractivity contribution in [3.05, 3.63) is 56.9 Å². The molecule has 0 saturated carbocycles. The van der Waals surface area contributed by atoms with Crippen LogP contribution in [0.1, 0.15) is 24.1 Å². The third-order valence-corrected chi connectivity index (χ3v) is 3.80. The van der Waals surface area contributed by atoms with Crippen LogP contribution in [-0.2, 0) is 0 Å². The fraction of sp³-hybridized carbons (Fsp3) is 0.214. The van der Waals surface area contributed by atoms with Crippen molar-refractivity contribution in [1.29, 1.82) is 0 Å². The Bertz CT molecular complexity index is 621. The van der Waals surface area contributed by atoms with Crippen molar-refractivity contribution < 1.29 is 4.39 Å². The Labute approximate surface area is 130 Å². The lowest BCUT2D eigenvalue weighted by atomic mass is 9.99. The third kappa shape index (κ3) is 3.29. The highest BCUT2D eigenvalue weighted by atomic mass is 79.9. The van der Waals surface area contributed by atoms with Gasteiger partial charge in [-0.3, -0.25) is 0 Å². The summed E-state index contributed by atoms with van der Waals surface area (Å²) in [6.07, 6.45) is 1.50. The maximum Gasteiger partial charge on any atom is 0.128 e. The molecule has 106 valence electrons. The molecule has 1 aromatic carbocycles. The predicted molar refractivity (Wildman–Crippen MR) is 83.3 cm³/mol. The summed E-state index contributed by atoms with van der Waals surface area (Å²) in [5.41, 5.74) is 7.59. The minimum Gasteiger partial charge on any atom is -0.383 e. The number of pyridine rings is 1. The largest absolute Gasteiger partial charge is 0.383 e. The first-order valence-corrected chi connectivity index (χ1v) is 7.29. The Balaban J connectivity index is 2.53. The molecule has 1 atom stereocenters. The molecular weight excluding hydrogens is 345 g/mol. The van der Waals surface area contributed by atoms with Crippen LogP contribution in [0.25, 0.3) is 0 Å². The van der Waals surface area contributed by atoms with E-state index in [-0.39, 0.29) is 11.9 Å². The summed E-state index contributed by atoms with van der Waals surface area (Å²) in [5, 5.41) is 3.82. The van der Waals surface area contributed by atoms with Crippen molar-refractivity contribution in [2.75, 3.05) is 12.3 Å². The van der Waals surface area contributed by atoms with Gasteiger partial charge in [0, 0.05) is 16.2 Å². The smallest absolute Gasteiger partial charge is 0.128 e. The molecule has 0 saturated heterocycles. The molecule has 2 rings (SSSR count). The molecule has 0 aliphatic rings. The summed E-state index contributed by atoms with van der Waals surface area (Å²) < 4.78 is 13.9. The molecule has 6 heteroatoms. The first-order chi connectivity index (χ1) is 9.52. The predicted octanol–water partition coefficient (Wildman–Crippen LogP) is 3.92. The molecule has 3 nitrogen and oxygen atoms in total. The number of aromatic nitrogens is 1. The van der Waals surface area contributed by atoms with E-state index in [4.69, 9.17) is 17.3 Å². The lowest BCUT2D eigenvalue weighted by molar-refractivity contribution is 0.611. The molecule has 1 unspecified atom stereocenters. The van der Waals surface area contributed by atoms with E-state index in [0.29, 0.717) is 15.3 Å². The third-order valence-electron chi connectivity index (χ3n) is 2.91. The molecule has 0 aliphatic carbocycles. The van der Waals surface area contributed by atoms with E-state index < -0.39 is 0 Å². The first kappa shape index (κ1) is 15.2. The Morgan fingerprint density at radius 2 is 2.15 bits per heavy atom. The number of hydrogen-bond acceptors (Lipinski definition) is 3. The minimum absolute atomic E-state index is 0.207. The average Bonchev–Trinajstić information content (AvgIpc) is 2.40. The highest BCUT2D eigenvalue weighted by Crippen LogP contribution is 2.32. The van der Waals surface area contributed by atoms with Crippen LogP contribution < -0.4 is 11.1 Å². The number of rotatable bonds is 4. The fourth-order valence-electron chi connectivity index (χ4n) is 2.02. The van der Waals surface area contributed by atoms with E-state index in [2.05, 4.69) is 26.2 Å². The van der Waals surface area contributed by atoms with E-state index in [1.54, 1.807) is 12.1 Å². The van der Waals surface area contributed by atoms with Gasteiger partial charge in [-0.25, -0.2) is 9.37 Å². The van der Waals surface area contributed by atoms with Gasteiger partial charge in [0.15, 0.2) is 0 Å². The van der Waals surface area contributed by atoms with E-state index in [0.717, 1.165) is 17.7 Å². The van der Waals surface area contributed by atoms with Crippen LogP contribution in [0.5, 0.6) is 0 Å². The maximum atomic E-state index is 13.2. The van der Waals surface area contributed by atoms with E-state index in [9.17, 15) is 4.39 Å². The van der Waals surface area contributed by atoms with Gasteiger partial charge in [-0.05, 0) is 30.3 Å². The molecule has 1 aromatic heterocycles. The van der Waals surface area contributed by atoms with Gasteiger partial charge in [-0.15, -0.1) is 0 Å². The number of nitrogens with one attached hydrogen (secondary N) is 1. The molecule has 2 aromatic rings. The Hall–Kier alpha value is -1.17. The van der Waals surface area contributed by atoms with Crippen LogP contribution in [0.15, 0.2) is 34.9 Å². The van der Waals surface area contributed by atoms with Crippen LogP contribution in [0, 0.1) is 5.82 Å². The molecule has 0 amide bonds. The number of anilines is 1. The zero-order valence-electron chi connectivity index (χ0n) is 10.8. The van der Waals surface area contributed by atoms with Gasteiger partial charge in [0.05, 0.1) is 11.1 Å². The van der Waals surface area contributed by atoms with Crippen LogP contribution in [0.4, 0.5) is 10.2 Å². The summed E-state index contributed by atoms with van der Waals surface area (Å²) in [6, 6.07) is 6.12. The topological polar surface area (TPSA) is 50.9 Å². The number of nitrogens with zero attached hydrogens (tertiary/aromatic N) is 1. The van der Waals surface area contributed by atoms with Crippen molar-refractivity contribution in [1.82, 2.24) is 10.3 Å². The molecule has 0 radical (unpaired) electrons. The molecule has 1 heterocycles. The Kier molecular flexibility index (Phi) is 4.96. The standard InChI is InChI=1S/C14H14BrClFN3/c1-2-19-13(10-4-3-9(17)6-12(10)15)11-5-8(16)7-20-14(11)18/h3-7,13,19H,2H2,1H3,(H2,18,20). The number of halogens is 3. The second-order valence-corrected chi connectivity index (χ2v) is 5.58. The van der Waals surface area contributed by atoms with Gasteiger partial charge in [-0.2, -0.15) is 0 Å². The Morgan fingerprint density at radius 3 is 2.80 bits per heavy atom. The van der Waals surface area contributed by atoms with Crippen molar-refractivity contribution in [3.8, 4) is 0 Å². The molecule has 0 fully saturated rings. The molecule has 0 spiro atoms. The van der Waals surface area contributed by atoms with Crippen LogP contribution in [0.3, 0.4) is 0 Å². The average molecular weight is 359 g/mol. The van der Waals surface area contributed by atoms with Crippen molar-refractivity contribution in [2.24, 2.45) is 0 Å². The molecule has 0 aliphatic heterocycles. The molecule has 20 heavy (non-hydrogen) atoms. The van der Waals surface area contributed by atoms with Gasteiger partial charge in [-0.1, -0.05) is 40.5 Å². The van der Waals surface area contributed by atoms with Crippen molar-refractivity contribution >= 4 is 33.3 Å². The molecule has 3 N–H and O–H groups in total. The number of nitrogen functional groups attached to an aromatic ring is 1. The zero-order valence-corrected chi connectivity index (χ0v) is 13.2. The highest BCUT2D eigenvalue weighted by Gasteiger charge is 2.19. The first-order valence-electron chi connectivity index (χ1n) is 6.12. The van der Waals surface area contributed by atoms with Crippen molar-refractivity contribution in [2.45, 2.75) is 13.0 Å². The van der Waals surface area contributed by atoms with Gasteiger partial charge in [0.2, 0.25) is 0 Å². The van der Waals surface area contributed by atoms with Crippen LogP contribution >= 0.6 is 27.5 Å². The van der Waals surface area contributed by atoms with Crippen LogP contribution in [0.2, 0.25) is 5.02 Å². The molecule has 0 bridgehead atoms. The number of hydrogen-bond donors (Lipinski definition) is 2. The summed E-state index contributed by atoms with van der Waals surface area (Å²) >= 11 is 9.38. The SMILES string of the molecule is CCNC(c1ccc(F)cc1Br)c1cc(Cl)cnc1N. The van der Waals surface area contributed by atoms with E-state index in [1.165, 1.54) is 18.3 Å².